The number of fused-ring (bicyclic) bond motifs is 1. The van der Waals surface area contributed by atoms with Crippen LogP contribution in [0.2, 0.25) is 10.0 Å². The van der Waals surface area contributed by atoms with E-state index in [0.717, 1.165) is 22.0 Å². The van der Waals surface area contributed by atoms with Gasteiger partial charge in [-0.25, -0.2) is 9.50 Å². The molecule has 0 aliphatic carbocycles. The zero-order chi connectivity index (χ0) is 14.3. The fourth-order valence-electron chi connectivity index (χ4n) is 1.99. The number of aliphatic hydroxyl groups is 1. The second-order valence-corrected chi connectivity index (χ2v) is 6.09. The van der Waals surface area contributed by atoms with E-state index in [1.54, 1.807) is 16.6 Å². The minimum Gasteiger partial charge on any atom is -0.390 e. The molecule has 1 N–H and O–H groups in total. The quantitative estimate of drug-likeness (QED) is 0.795. The predicted octanol–water partition coefficient (Wildman–Crippen LogP) is 3.82. The van der Waals surface area contributed by atoms with E-state index in [0.29, 0.717) is 21.4 Å². The van der Waals surface area contributed by atoms with Gasteiger partial charge in [0, 0.05) is 5.56 Å². The molecule has 1 aromatic carbocycles. The molecule has 0 aliphatic rings. The summed E-state index contributed by atoms with van der Waals surface area (Å²) in [5, 5.41) is 16.0. The molecular weight excluding hydrogens is 317 g/mol. The van der Waals surface area contributed by atoms with Crippen LogP contribution in [-0.4, -0.2) is 19.7 Å². The number of imidazole rings is 1. The predicted molar refractivity (Wildman–Crippen MR) is 81.6 cm³/mol. The molecule has 0 radical (unpaired) electrons. The minimum atomic E-state index is -0.135. The summed E-state index contributed by atoms with van der Waals surface area (Å²) in [4.78, 5) is 5.32. The number of aryl methyl sites for hydroxylation is 1. The largest absolute Gasteiger partial charge is 0.390 e. The maximum Gasteiger partial charge on any atom is 0.213 e. The Morgan fingerprint density at radius 2 is 2.10 bits per heavy atom. The number of hydrogen-bond acceptors (Lipinski definition) is 4. The third-order valence-corrected chi connectivity index (χ3v) is 4.78. The van der Waals surface area contributed by atoms with Crippen LogP contribution in [-0.2, 0) is 13.0 Å². The molecule has 0 unspecified atom stereocenters. The normalized spacial score (nSPS) is 11.4. The van der Waals surface area contributed by atoms with E-state index in [-0.39, 0.29) is 6.61 Å². The van der Waals surface area contributed by atoms with Crippen LogP contribution in [0.3, 0.4) is 0 Å². The Hall–Kier alpha value is -1.14. The van der Waals surface area contributed by atoms with Crippen LogP contribution in [0, 0.1) is 0 Å². The number of hydrogen-bond donors (Lipinski definition) is 1. The van der Waals surface area contributed by atoms with Crippen molar-refractivity contribution in [3.8, 4) is 11.3 Å². The van der Waals surface area contributed by atoms with E-state index in [1.807, 2.05) is 13.0 Å². The Labute approximate surface area is 129 Å². The molecule has 4 nitrogen and oxygen atoms in total. The third kappa shape index (κ3) is 2.20. The lowest BCUT2D eigenvalue weighted by Crippen LogP contribution is -1.96. The molecule has 3 aromatic rings. The van der Waals surface area contributed by atoms with E-state index in [9.17, 15) is 5.11 Å². The molecule has 0 amide bonds. The first kappa shape index (κ1) is 13.8. The van der Waals surface area contributed by atoms with Gasteiger partial charge in [-0.15, -0.1) is 0 Å². The molecule has 2 heterocycles. The highest BCUT2D eigenvalue weighted by Gasteiger charge is 2.17. The Morgan fingerprint density at radius 3 is 2.75 bits per heavy atom. The van der Waals surface area contributed by atoms with Gasteiger partial charge in [0.1, 0.15) is 5.01 Å². The topological polar surface area (TPSA) is 50.4 Å². The first-order valence-electron chi connectivity index (χ1n) is 6.07. The third-order valence-electron chi connectivity index (χ3n) is 2.98. The van der Waals surface area contributed by atoms with Crippen molar-refractivity contribution in [2.45, 2.75) is 20.0 Å². The summed E-state index contributed by atoms with van der Waals surface area (Å²) in [7, 11) is 0. The second kappa shape index (κ2) is 5.33. The summed E-state index contributed by atoms with van der Waals surface area (Å²) in [5.74, 6) is 0. The summed E-state index contributed by atoms with van der Waals surface area (Å²) in [6.45, 7) is 1.90. The summed E-state index contributed by atoms with van der Waals surface area (Å²) >= 11 is 13.5. The van der Waals surface area contributed by atoms with Crippen molar-refractivity contribution in [2.75, 3.05) is 0 Å². The Bertz CT molecular complexity index is 781. The fourth-order valence-corrected chi connectivity index (χ4v) is 3.14. The lowest BCUT2D eigenvalue weighted by Gasteiger charge is -2.02. The van der Waals surface area contributed by atoms with Gasteiger partial charge in [0.05, 0.1) is 28.0 Å². The Balaban J connectivity index is 2.19. The zero-order valence-corrected chi connectivity index (χ0v) is 12.9. The molecule has 3 rings (SSSR count). The van der Waals surface area contributed by atoms with Crippen molar-refractivity contribution >= 4 is 39.5 Å². The number of nitrogens with zero attached hydrogens (tertiary/aromatic N) is 3. The monoisotopic (exact) mass is 327 g/mol. The Morgan fingerprint density at radius 1 is 1.30 bits per heavy atom. The van der Waals surface area contributed by atoms with Gasteiger partial charge in [0.15, 0.2) is 0 Å². The highest BCUT2D eigenvalue weighted by atomic mass is 35.5. The van der Waals surface area contributed by atoms with Crippen molar-refractivity contribution in [2.24, 2.45) is 0 Å². The number of benzene rings is 1. The van der Waals surface area contributed by atoms with E-state index in [2.05, 4.69) is 10.1 Å². The summed E-state index contributed by atoms with van der Waals surface area (Å²) < 4.78 is 1.70. The highest BCUT2D eigenvalue weighted by molar-refractivity contribution is 7.16. The first-order valence-corrected chi connectivity index (χ1v) is 7.65. The van der Waals surface area contributed by atoms with Crippen LogP contribution in [0.4, 0.5) is 0 Å². The van der Waals surface area contributed by atoms with E-state index < -0.39 is 0 Å². The number of halogens is 2. The molecule has 0 saturated carbocycles. The number of aliphatic hydroxyl groups excluding tert-OH is 1. The van der Waals surface area contributed by atoms with Gasteiger partial charge in [0.25, 0.3) is 0 Å². The molecule has 20 heavy (non-hydrogen) atoms. The lowest BCUT2D eigenvalue weighted by atomic mass is 10.1. The maximum atomic E-state index is 9.62. The number of rotatable bonds is 3. The summed E-state index contributed by atoms with van der Waals surface area (Å²) in [6.07, 6.45) is 0.848. The molecule has 7 heteroatoms. The maximum absolute atomic E-state index is 9.62. The Kier molecular flexibility index (Phi) is 3.69. The highest BCUT2D eigenvalue weighted by Crippen LogP contribution is 2.31. The fraction of sp³-hybridized carbons (Fsp3) is 0.231. The van der Waals surface area contributed by atoms with E-state index >= 15 is 0 Å². The first-order chi connectivity index (χ1) is 9.63. The van der Waals surface area contributed by atoms with Gasteiger partial charge in [-0.3, -0.25) is 0 Å². The average molecular weight is 328 g/mol. The minimum absolute atomic E-state index is 0.135. The molecule has 0 aliphatic heterocycles. The van der Waals surface area contributed by atoms with Crippen molar-refractivity contribution in [3.63, 3.8) is 0 Å². The van der Waals surface area contributed by atoms with Crippen molar-refractivity contribution in [1.29, 1.82) is 0 Å². The van der Waals surface area contributed by atoms with Crippen molar-refractivity contribution in [1.82, 2.24) is 14.6 Å². The van der Waals surface area contributed by atoms with Gasteiger partial charge in [-0.05, 0) is 18.6 Å². The molecule has 2 aromatic heterocycles. The van der Waals surface area contributed by atoms with Crippen LogP contribution in [0.5, 0.6) is 0 Å². The SMILES string of the molecule is CCc1nn2c(CO)c(-c3ccc(Cl)c(Cl)c3)nc2s1. The second-order valence-electron chi connectivity index (χ2n) is 4.24. The van der Waals surface area contributed by atoms with Gasteiger partial charge in [0.2, 0.25) is 4.96 Å². The molecule has 0 bridgehead atoms. The summed E-state index contributed by atoms with van der Waals surface area (Å²) in [6, 6.07) is 5.30. The molecule has 0 fully saturated rings. The molecular formula is C13H11Cl2N3OS. The van der Waals surface area contributed by atoms with Crippen LogP contribution >= 0.6 is 34.5 Å². The molecule has 104 valence electrons. The standard InChI is InChI=1S/C13H11Cl2N3OS/c1-2-11-17-18-10(6-19)12(16-13(18)20-11)7-3-4-8(14)9(15)5-7/h3-5,19H,2,6H2,1H3. The van der Waals surface area contributed by atoms with E-state index in [1.165, 1.54) is 11.3 Å². The van der Waals surface area contributed by atoms with E-state index in [4.69, 9.17) is 23.2 Å². The van der Waals surface area contributed by atoms with Crippen LogP contribution in [0.25, 0.3) is 16.2 Å². The average Bonchev–Trinajstić information content (AvgIpc) is 2.98. The summed E-state index contributed by atoms with van der Waals surface area (Å²) in [5.41, 5.74) is 2.17. The smallest absolute Gasteiger partial charge is 0.213 e. The van der Waals surface area contributed by atoms with Gasteiger partial charge in [-0.1, -0.05) is 47.5 Å². The lowest BCUT2D eigenvalue weighted by molar-refractivity contribution is 0.275. The van der Waals surface area contributed by atoms with Crippen molar-refractivity contribution < 1.29 is 5.11 Å². The molecule has 0 atom stereocenters. The number of aromatic nitrogens is 3. The zero-order valence-electron chi connectivity index (χ0n) is 10.6. The molecule has 0 saturated heterocycles. The van der Waals surface area contributed by atoms with Crippen LogP contribution < -0.4 is 0 Å². The van der Waals surface area contributed by atoms with Gasteiger partial charge < -0.3 is 5.11 Å². The van der Waals surface area contributed by atoms with Crippen LogP contribution in [0.1, 0.15) is 17.6 Å². The van der Waals surface area contributed by atoms with Crippen molar-refractivity contribution in [3.05, 3.63) is 38.9 Å². The molecule has 0 spiro atoms. The van der Waals surface area contributed by atoms with Crippen LogP contribution in [0.15, 0.2) is 18.2 Å². The van der Waals surface area contributed by atoms with Gasteiger partial charge in [-0.2, -0.15) is 5.10 Å². The van der Waals surface area contributed by atoms with Gasteiger partial charge >= 0.3 is 0 Å².